The summed E-state index contributed by atoms with van der Waals surface area (Å²) < 4.78 is 5.92. The predicted octanol–water partition coefficient (Wildman–Crippen LogP) is 2.90. The van der Waals surface area contributed by atoms with Crippen molar-refractivity contribution in [2.45, 2.75) is 12.5 Å². The van der Waals surface area contributed by atoms with Gasteiger partial charge in [0.1, 0.15) is 0 Å². The van der Waals surface area contributed by atoms with Crippen LogP contribution in [0.2, 0.25) is 0 Å². The van der Waals surface area contributed by atoms with Gasteiger partial charge < -0.3 is 10.1 Å². The van der Waals surface area contributed by atoms with Crippen LogP contribution in [0.1, 0.15) is 27.1 Å². The number of benzene rings is 2. The van der Waals surface area contributed by atoms with E-state index >= 15 is 0 Å². The zero-order valence-corrected chi connectivity index (χ0v) is 17.6. The highest BCUT2D eigenvalue weighted by atomic mass is 79.9. The highest BCUT2D eigenvalue weighted by Crippen LogP contribution is 2.23. The number of ether oxygens (including phenoxy) is 1. The summed E-state index contributed by atoms with van der Waals surface area (Å²) in [4.78, 5) is 50.1. The lowest BCUT2D eigenvalue weighted by Gasteiger charge is -2.15. The van der Waals surface area contributed by atoms with E-state index in [4.69, 9.17) is 4.74 Å². The SMILES string of the molecule is C=CCNC1CC(=O)N(c2ccc(C(=O)OCC(=O)c3ccc(Br)cc3)cc2)C1=O. The van der Waals surface area contributed by atoms with Gasteiger partial charge in [0, 0.05) is 16.6 Å². The number of hydrogen-bond acceptors (Lipinski definition) is 6. The van der Waals surface area contributed by atoms with Crippen LogP contribution in [-0.2, 0) is 14.3 Å². The third-order valence-electron chi connectivity index (χ3n) is 4.52. The van der Waals surface area contributed by atoms with Gasteiger partial charge >= 0.3 is 5.97 Å². The summed E-state index contributed by atoms with van der Waals surface area (Å²) in [6, 6.07) is 12.0. The molecule has 0 radical (unpaired) electrons. The topological polar surface area (TPSA) is 92.8 Å². The maximum Gasteiger partial charge on any atom is 0.338 e. The van der Waals surface area contributed by atoms with Crippen LogP contribution in [0.5, 0.6) is 0 Å². The van der Waals surface area contributed by atoms with Crippen molar-refractivity contribution in [3.63, 3.8) is 0 Å². The number of nitrogens with one attached hydrogen (secondary N) is 1. The Bertz CT molecular complexity index is 986. The molecule has 1 atom stereocenters. The Labute approximate surface area is 181 Å². The molecule has 1 heterocycles. The molecule has 30 heavy (non-hydrogen) atoms. The van der Waals surface area contributed by atoms with Crippen molar-refractivity contribution < 1.29 is 23.9 Å². The van der Waals surface area contributed by atoms with Crippen LogP contribution in [-0.4, -0.2) is 42.8 Å². The fraction of sp³-hybridized carbons (Fsp3) is 0.182. The van der Waals surface area contributed by atoms with Gasteiger partial charge in [-0.15, -0.1) is 6.58 Å². The summed E-state index contributed by atoms with van der Waals surface area (Å²) >= 11 is 3.29. The number of hydrogen-bond donors (Lipinski definition) is 1. The fourth-order valence-corrected chi connectivity index (χ4v) is 3.23. The molecule has 0 aromatic heterocycles. The largest absolute Gasteiger partial charge is 0.454 e. The predicted molar refractivity (Wildman–Crippen MR) is 114 cm³/mol. The highest BCUT2D eigenvalue weighted by molar-refractivity contribution is 9.10. The van der Waals surface area contributed by atoms with E-state index < -0.39 is 12.0 Å². The van der Waals surface area contributed by atoms with Crippen molar-refractivity contribution in [1.82, 2.24) is 5.32 Å². The maximum atomic E-state index is 12.5. The summed E-state index contributed by atoms with van der Waals surface area (Å²) in [6.07, 6.45) is 1.68. The number of carbonyl (C=O) groups is 4. The first-order chi connectivity index (χ1) is 14.4. The van der Waals surface area contributed by atoms with Crippen LogP contribution in [0, 0.1) is 0 Å². The summed E-state index contributed by atoms with van der Waals surface area (Å²) in [7, 11) is 0. The third kappa shape index (κ3) is 4.90. The molecule has 1 aliphatic rings. The number of Topliss-reactive ketones (excluding diaryl/α,β-unsaturated/α-hetero) is 1. The average molecular weight is 471 g/mol. The molecule has 1 aliphatic heterocycles. The first-order valence-corrected chi connectivity index (χ1v) is 9.97. The molecule has 2 aromatic carbocycles. The molecule has 7 nitrogen and oxygen atoms in total. The molecule has 2 aromatic rings. The Kier molecular flexibility index (Phi) is 6.91. The number of nitrogens with zero attached hydrogens (tertiary/aromatic N) is 1. The zero-order chi connectivity index (χ0) is 21.7. The van der Waals surface area contributed by atoms with Gasteiger partial charge in [-0.1, -0.05) is 34.1 Å². The average Bonchev–Trinajstić information content (AvgIpc) is 3.03. The number of imide groups is 1. The molecule has 2 amide bonds. The van der Waals surface area contributed by atoms with Gasteiger partial charge in [-0.2, -0.15) is 0 Å². The van der Waals surface area contributed by atoms with Crippen molar-refractivity contribution in [1.29, 1.82) is 0 Å². The van der Waals surface area contributed by atoms with E-state index in [-0.39, 0.29) is 36.2 Å². The van der Waals surface area contributed by atoms with E-state index in [1.54, 1.807) is 30.3 Å². The molecule has 0 aliphatic carbocycles. The molecule has 1 N–H and O–H groups in total. The second kappa shape index (κ2) is 9.60. The summed E-state index contributed by atoms with van der Waals surface area (Å²) in [6.45, 7) is 3.61. The van der Waals surface area contributed by atoms with Crippen LogP contribution in [0.4, 0.5) is 5.69 Å². The van der Waals surface area contributed by atoms with Crippen LogP contribution in [0.15, 0.2) is 65.7 Å². The number of halogens is 1. The van der Waals surface area contributed by atoms with E-state index in [9.17, 15) is 19.2 Å². The van der Waals surface area contributed by atoms with Gasteiger partial charge in [-0.25, -0.2) is 9.69 Å². The Balaban J connectivity index is 1.61. The molecule has 8 heteroatoms. The molecule has 0 saturated carbocycles. The van der Waals surface area contributed by atoms with Gasteiger partial charge in [-0.05, 0) is 36.4 Å². The quantitative estimate of drug-likeness (QED) is 0.276. The molecule has 0 bridgehead atoms. The van der Waals surface area contributed by atoms with E-state index in [2.05, 4.69) is 27.8 Å². The summed E-state index contributed by atoms with van der Waals surface area (Å²) in [5.41, 5.74) is 1.02. The van der Waals surface area contributed by atoms with Crippen LogP contribution in [0.25, 0.3) is 0 Å². The monoisotopic (exact) mass is 470 g/mol. The second-order valence-electron chi connectivity index (χ2n) is 6.57. The molecule has 154 valence electrons. The molecule has 1 saturated heterocycles. The van der Waals surface area contributed by atoms with Crippen molar-refractivity contribution in [3.05, 3.63) is 76.8 Å². The molecule has 3 rings (SSSR count). The fourth-order valence-electron chi connectivity index (χ4n) is 2.97. The van der Waals surface area contributed by atoms with Crippen molar-refractivity contribution in [2.75, 3.05) is 18.1 Å². The van der Waals surface area contributed by atoms with E-state index in [1.807, 2.05) is 0 Å². The number of amides is 2. The third-order valence-corrected chi connectivity index (χ3v) is 5.05. The smallest absolute Gasteiger partial charge is 0.338 e. The minimum atomic E-state index is -0.670. The standard InChI is InChI=1S/C22H19BrN2O5/c1-2-11-24-18-12-20(27)25(21(18)28)17-9-5-15(6-10-17)22(29)30-13-19(26)14-3-7-16(23)8-4-14/h2-10,18,24H,1,11-13H2. The van der Waals surface area contributed by atoms with Crippen molar-refractivity contribution in [3.8, 4) is 0 Å². The number of rotatable bonds is 8. The maximum absolute atomic E-state index is 12.5. The van der Waals surface area contributed by atoms with Crippen molar-refractivity contribution in [2.24, 2.45) is 0 Å². The normalized spacial score (nSPS) is 15.9. The number of ketones is 1. The van der Waals surface area contributed by atoms with Crippen molar-refractivity contribution >= 4 is 45.2 Å². The first-order valence-electron chi connectivity index (χ1n) is 9.17. The van der Waals surface area contributed by atoms with Gasteiger partial charge in [0.2, 0.25) is 5.91 Å². The minimum Gasteiger partial charge on any atom is -0.454 e. The van der Waals surface area contributed by atoms with Gasteiger partial charge in [-0.3, -0.25) is 14.4 Å². The van der Waals surface area contributed by atoms with Crippen LogP contribution < -0.4 is 10.2 Å². The highest BCUT2D eigenvalue weighted by Gasteiger charge is 2.39. The Morgan fingerprint density at radius 3 is 2.37 bits per heavy atom. The van der Waals surface area contributed by atoms with Gasteiger partial charge in [0.15, 0.2) is 12.4 Å². The summed E-state index contributed by atoms with van der Waals surface area (Å²) in [5, 5.41) is 2.95. The van der Waals surface area contributed by atoms with Crippen LogP contribution in [0.3, 0.4) is 0 Å². The Morgan fingerprint density at radius 2 is 1.73 bits per heavy atom. The molecular formula is C22H19BrN2O5. The Hall–Kier alpha value is -3.10. The second-order valence-corrected chi connectivity index (χ2v) is 7.49. The first kappa shape index (κ1) is 21.6. The van der Waals surface area contributed by atoms with E-state index in [0.717, 1.165) is 9.37 Å². The van der Waals surface area contributed by atoms with Gasteiger partial charge in [0.05, 0.1) is 23.7 Å². The van der Waals surface area contributed by atoms with E-state index in [1.165, 1.54) is 24.3 Å². The minimum absolute atomic E-state index is 0.0641. The number of anilines is 1. The number of esters is 1. The zero-order valence-electron chi connectivity index (χ0n) is 16.0. The number of carbonyl (C=O) groups excluding carboxylic acids is 4. The van der Waals surface area contributed by atoms with E-state index in [0.29, 0.717) is 17.8 Å². The molecule has 0 spiro atoms. The molecule has 1 fully saturated rings. The lowest BCUT2D eigenvalue weighted by Crippen LogP contribution is -2.38. The Morgan fingerprint density at radius 1 is 1.10 bits per heavy atom. The van der Waals surface area contributed by atoms with Gasteiger partial charge in [0.25, 0.3) is 5.91 Å². The summed E-state index contributed by atoms with van der Waals surface area (Å²) in [5.74, 6) is -1.66. The lowest BCUT2D eigenvalue weighted by molar-refractivity contribution is -0.121. The molecule has 1 unspecified atom stereocenters. The molecular weight excluding hydrogens is 452 g/mol. The van der Waals surface area contributed by atoms with Crippen LogP contribution >= 0.6 is 15.9 Å². The lowest BCUT2D eigenvalue weighted by atomic mass is 10.1.